The van der Waals surface area contributed by atoms with Gasteiger partial charge in [0.1, 0.15) is 10.0 Å². The summed E-state index contributed by atoms with van der Waals surface area (Å²) < 4.78 is 9.74. The fraction of sp³-hybridized carbons (Fsp3) is 0.364. The van der Waals surface area contributed by atoms with Crippen molar-refractivity contribution >= 4 is 56.4 Å². The number of fused-ring (bicyclic) bond motifs is 2. The molecule has 8 nitrogen and oxygen atoms in total. The summed E-state index contributed by atoms with van der Waals surface area (Å²) in [5, 5.41) is 6.23. The molecule has 2 amide bonds. The van der Waals surface area contributed by atoms with Gasteiger partial charge in [0.05, 0.1) is 25.3 Å². The Morgan fingerprint density at radius 1 is 0.719 bits per heavy atom. The molecular weight excluding hydrogens is 452 g/mol. The second-order valence-corrected chi connectivity index (χ2v) is 9.63. The molecule has 0 radical (unpaired) electrons. The number of nitrogens with one attached hydrogen (secondary N) is 2. The molecule has 2 heterocycles. The summed E-state index contributed by atoms with van der Waals surface area (Å²) in [6.45, 7) is 0. The van der Waals surface area contributed by atoms with Gasteiger partial charge in [0.2, 0.25) is 11.8 Å². The summed E-state index contributed by atoms with van der Waals surface area (Å²) in [4.78, 5) is 51.3. The van der Waals surface area contributed by atoms with Crippen LogP contribution in [0.2, 0.25) is 0 Å². The molecule has 0 spiro atoms. The minimum atomic E-state index is -0.535. The molecule has 2 aromatic heterocycles. The Kier molecular flexibility index (Phi) is 6.43. The molecule has 10 heteroatoms. The summed E-state index contributed by atoms with van der Waals surface area (Å²) in [7, 11) is 2.61. The molecule has 0 saturated heterocycles. The highest BCUT2D eigenvalue weighted by atomic mass is 32.1. The molecule has 4 rings (SSSR count). The van der Waals surface area contributed by atoms with Crippen molar-refractivity contribution < 1.29 is 28.7 Å². The van der Waals surface area contributed by atoms with Gasteiger partial charge in [0.25, 0.3) is 0 Å². The van der Waals surface area contributed by atoms with Gasteiger partial charge in [-0.1, -0.05) is 0 Å². The molecular formula is C22H22N2O6S2. The van der Waals surface area contributed by atoms with Gasteiger partial charge in [-0.2, -0.15) is 0 Å². The summed E-state index contributed by atoms with van der Waals surface area (Å²) >= 11 is 2.72. The Bertz CT molecular complexity index is 1060. The van der Waals surface area contributed by atoms with Crippen molar-refractivity contribution in [3.05, 3.63) is 44.2 Å². The third-order valence-electron chi connectivity index (χ3n) is 5.48. The summed E-state index contributed by atoms with van der Waals surface area (Å²) in [6, 6.07) is 0. The van der Waals surface area contributed by atoms with Gasteiger partial charge in [0, 0.05) is 21.9 Å². The van der Waals surface area contributed by atoms with Crippen LogP contribution in [0, 0.1) is 0 Å². The first-order chi connectivity index (χ1) is 15.4. The van der Waals surface area contributed by atoms with Crippen molar-refractivity contribution in [1.29, 1.82) is 0 Å². The number of rotatable bonds is 6. The van der Waals surface area contributed by atoms with Crippen molar-refractivity contribution in [2.75, 3.05) is 24.9 Å². The minimum Gasteiger partial charge on any atom is -0.465 e. The monoisotopic (exact) mass is 474 g/mol. The maximum atomic E-state index is 12.4. The molecule has 0 bridgehead atoms. The molecule has 2 aromatic rings. The molecule has 0 saturated carbocycles. The van der Waals surface area contributed by atoms with Gasteiger partial charge in [-0.15, -0.1) is 22.7 Å². The number of carbonyl (C=O) groups excluding carboxylic acids is 4. The highest BCUT2D eigenvalue weighted by Crippen LogP contribution is 2.40. The van der Waals surface area contributed by atoms with E-state index in [-0.39, 0.29) is 0 Å². The van der Waals surface area contributed by atoms with E-state index in [1.54, 1.807) is 0 Å². The standard InChI is InChI=1S/C22H22N2O6S2/c1-29-21(27)17-11-5-3-7-13(11)31-19(17)23-15(25)9-10-16(26)24-20-18(22(28)30-2)12-6-4-8-14(12)32-20/h9-10H,3-8H2,1-2H3,(H,23,25)(H,24,26)/b10-9+. The molecule has 0 atom stereocenters. The molecule has 2 aliphatic carbocycles. The average molecular weight is 475 g/mol. The van der Waals surface area contributed by atoms with Crippen molar-refractivity contribution in [1.82, 2.24) is 0 Å². The van der Waals surface area contributed by atoms with Crippen LogP contribution in [0.4, 0.5) is 10.0 Å². The van der Waals surface area contributed by atoms with Crippen LogP contribution in [-0.4, -0.2) is 38.0 Å². The number of esters is 2. The van der Waals surface area contributed by atoms with Crippen LogP contribution in [0.1, 0.15) is 54.4 Å². The van der Waals surface area contributed by atoms with Gasteiger partial charge < -0.3 is 20.1 Å². The fourth-order valence-electron chi connectivity index (χ4n) is 4.08. The lowest BCUT2D eigenvalue weighted by Gasteiger charge is -2.06. The van der Waals surface area contributed by atoms with Crippen molar-refractivity contribution in [2.45, 2.75) is 38.5 Å². The van der Waals surface area contributed by atoms with Gasteiger partial charge in [-0.25, -0.2) is 9.59 Å². The quantitative estimate of drug-likeness (QED) is 0.490. The fourth-order valence-corrected chi connectivity index (χ4v) is 6.64. The van der Waals surface area contributed by atoms with Gasteiger partial charge in [-0.3, -0.25) is 9.59 Å². The minimum absolute atomic E-state index is 0.395. The van der Waals surface area contributed by atoms with E-state index in [4.69, 9.17) is 9.47 Å². The van der Waals surface area contributed by atoms with Crippen molar-refractivity contribution in [3.63, 3.8) is 0 Å². The number of methoxy groups -OCH3 is 2. The van der Waals surface area contributed by atoms with E-state index in [9.17, 15) is 19.2 Å². The van der Waals surface area contributed by atoms with E-state index < -0.39 is 23.8 Å². The molecule has 0 aliphatic heterocycles. The maximum Gasteiger partial charge on any atom is 0.341 e. The van der Waals surface area contributed by atoms with Crippen LogP contribution in [0.25, 0.3) is 0 Å². The van der Waals surface area contributed by atoms with Crippen molar-refractivity contribution in [3.8, 4) is 0 Å². The summed E-state index contributed by atoms with van der Waals surface area (Å²) in [5.74, 6) is -2.04. The number of aryl methyl sites for hydroxylation is 2. The summed E-state index contributed by atoms with van der Waals surface area (Å²) in [6.07, 6.45) is 7.42. The smallest absolute Gasteiger partial charge is 0.341 e. The molecule has 32 heavy (non-hydrogen) atoms. The number of hydrogen-bond acceptors (Lipinski definition) is 8. The Balaban J connectivity index is 1.45. The van der Waals surface area contributed by atoms with E-state index in [0.29, 0.717) is 21.1 Å². The van der Waals surface area contributed by atoms with Crippen molar-refractivity contribution in [2.24, 2.45) is 0 Å². The molecule has 2 N–H and O–H groups in total. The molecule has 0 fully saturated rings. The zero-order chi connectivity index (χ0) is 22.8. The zero-order valence-corrected chi connectivity index (χ0v) is 19.3. The third kappa shape index (κ3) is 4.20. The van der Waals surface area contributed by atoms with E-state index in [0.717, 1.165) is 71.6 Å². The first-order valence-electron chi connectivity index (χ1n) is 10.2. The number of carbonyl (C=O) groups is 4. The second kappa shape index (κ2) is 9.25. The summed E-state index contributed by atoms with van der Waals surface area (Å²) in [5.41, 5.74) is 2.65. The molecule has 0 aromatic carbocycles. The van der Waals surface area contributed by atoms with E-state index >= 15 is 0 Å². The highest BCUT2D eigenvalue weighted by Gasteiger charge is 2.29. The number of anilines is 2. The Morgan fingerprint density at radius 3 is 1.50 bits per heavy atom. The van der Waals surface area contributed by atoms with Gasteiger partial charge in [0.15, 0.2) is 0 Å². The topological polar surface area (TPSA) is 111 Å². The Hall–Kier alpha value is -2.98. The lowest BCUT2D eigenvalue weighted by Crippen LogP contribution is -2.15. The number of thiophene rings is 2. The molecule has 2 aliphatic rings. The zero-order valence-electron chi connectivity index (χ0n) is 17.7. The van der Waals surface area contributed by atoms with E-state index in [1.165, 1.54) is 36.9 Å². The van der Waals surface area contributed by atoms with E-state index in [1.807, 2.05) is 0 Å². The van der Waals surface area contributed by atoms with E-state index in [2.05, 4.69) is 10.6 Å². The second-order valence-electron chi connectivity index (χ2n) is 7.42. The normalized spacial score (nSPS) is 14.2. The van der Waals surface area contributed by atoms with Crippen LogP contribution in [0.3, 0.4) is 0 Å². The predicted molar refractivity (Wildman–Crippen MR) is 122 cm³/mol. The average Bonchev–Trinajstić information content (AvgIpc) is 3.52. The van der Waals surface area contributed by atoms with Gasteiger partial charge in [-0.05, 0) is 49.7 Å². The van der Waals surface area contributed by atoms with Crippen LogP contribution < -0.4 is 10.6 Å². The third-order valence-corrected chi connectivity index (χ3v) is 7.90. The number of ether oxygens (including phenoxy) is 2. The lowest BCUT2D eigenvalue weighted by molar-refractivity contribution is -0.114. The lowest BCUT2D eigenvalue weighted by atomic mass is 10.1. The molecule has 0 unspecified atom stereocenters. The predicted octanol–water partition coefficient (Wildman–Crippen LogP) is 3.49. The van der Waals surface area contributed by atoms with Crippen LogP contribution >= 0.6 is 22.7 Å². The van der Waals surface area contributed by atoms with Crippen LogP contribution in [-0.2, 0) is 44.7 Å². The number of hydrogen-bond donors (Lipinski definition) is 2. The highest BCUT2D eigenvalue weighted by molar-refractivity contribution is 7.17. The van der Waals surface area contributed by atoms with Gasteiger partial charge >= 0.3 is 11.9 Å². The maximum absolute atomic E-state index is 12.4. The SMILES string of the molecule is COC(=O)c1c(NC(=O)/C=C/C(=O)Nc2sc3c(c2C(=O)OC)CCC3)sc2c1CCC2. The first kappa shape index (κ1) is 22.2. The number of amides is 2. The van der Waals surface area contributed by atoms with Crippen LogP contribution in [0.5, 0.6) is 0 Å². The largest absolute Gasteiger partial charge is 0.465 e. The Morgan fingerprint density at radius 2 is 1.12 bits per heavy atom. The Labute approximate surface area is 192 Å². The first-order valence-corrected chi connectivity index (χ1v) is 11.8. The van der Waals surface area contributed by atoms with Crippen LogP contribution in [0.15, 0.2) is 12.2 Å². The molecule has 168 valence electrons.